The lowest BCUT2D eigenvalue weighted by atomic mass is 9.89. The molecule has 96 valence electrons. The summed E-state index contributed by atoms with van der Waals surface area (Å²) in [5, 5.41) is 0. The van der Waals surface area contributed by atoms with Gasteiger partial charge in [0.15, 0.2) is 0 Å². The SMILES string of the molecule is O=C(I)N1CCc2ccccc2C1c1ccccc1. The van der Waals surface area contributed by atoms with Gasteiger partial charge in [-0.25, -0.2) is 0 Å². The smallest absolute Gasteiger partial charge is 0.283 e. The molecule has 0 spiro atoms. The topological polar surface area (TPSA) is 20.3 Å². The summed E-state index contributed by atoms with van der Waals surface area (Å²) in [6.45, 7) is 0.790. The van der Waals surface area contributed by atoms with Gasteiger partial charge in [-0.2, -0.15) is 0 Å². The van der Waals surface area contributed by atoms with E-state index in [-0.39, 0.29) is 9.96 Å². The van der Waals surface area contributed by atoms with E-state index in [1.54, 1.807) is 0 Å². The lowest BCUT2D eigenvalue weighted by molar-refractivity contribution is 0.208. The molecule has 0 aromatic heterocycles. The summed E-state index contributed by atoms with van der Waals surface area (Å²) in [4.78, 5) is 13.9. The second-order valence-electron chi connectivity index (χ2n) is 4.71. The first-order chi connectivity index (χ1) is 9.27. The van der Waals surface area contributed by atoms with Crippen molar-refractivity contribution in [2.24, 2.45) is 0 Å². The maximum Gasteiger partial charge on any atom is 0.283 e. The van der Waals surface area contributed by atoms with Gasteiger partial charge in [-0.3, -0.25) is 4.79 Å². The highest BCUT2D eigenvalue weighted by atomic mass is 127. The molecular formula is C16H14INO. The van der Waals surface area contributed by atoms with Crippen molar-refractivity contribution in [3.8, 4) is 0 Å². The Morgan fingerprint density at radius 2 is 1.74 bits per heavy atom. The normalized spacial score (nSPS) is 17.9. The van der Waals surface area contributed by atoms with Crippen LogP contribution in [0.4, 0.5) is 4.79 Å². The predicted octanol–water partition coefficient (Wildman–Crippen LogP) is 4.19. The summed E-state index contributed by atoms with van der Waals surface area (Å²) in [7, 11) is 0. The van der Waals surface area contributed by atoms with E-state index in [1.165, 1.54) is 16.7 Å². The Morgan fingerprint density at radius 3 is 2.47 bits per heavy atom. The molecule has 0 aliphatic carbocycles. The summed E-state index contributed by atoms with van der Waals surface area (Å²) in [5.74, 6) is 0. The van der Waals surface area contributed by atoms with Gasteiger partial charge in [-0.05, 0) is 23.1 Å². The number of hydrogen-bond donors (Lipinski definition) is 0. The van der Waals surface area contributed by atoms with E-state index >= 15 is 0 Å². The van der Waals surface area contributed by atoms with E-state index in [0.29, 0.717) is 0 Å². The van der Waals surface area contributed by atoms with Crippen LogP contribution in [0.2, 0.25) is 0 Å². The van der Waals surface area contributed by atoms with Gasteiger partial charge < -0.3 is 4.90 Å². The van der Waals surface area contributed by atoms with Crippen molar-refractivity contribution in [1.82, 2.24) is 4.90 Å². The van der Waals surface area contributed by atoms with E-state index in [9.17, 15) is 4.79 Å². The number of fused-ring (bicyclic) bond motifs is 1. The molecule has 2 nitrogen and oxygen atoms in total. The van der Waals surface area contributed by atoms with E-state index in [4.69, 9.17) is 0 Å². The van der Waals surface area contributed by atoms with Crippen LogP contribution < -0.4 is 0 Å². The number of carbonyl (C=O) groups excluding carboxylic acids is 1. The minimum Gasteiger partial charge on any atom is -0.323 e. The molecule has 0 saturated heterocycles. The number of halogens is 1. The lowest BCUT2D eigenvalue weighted by Crippen LogP contribution is -2.37. The standard InChI is InChI=1S/C16H14INO/c17-16(19)18-11-10-12-6-4-5-9-14(12)15(18)13-7-2-1-3-8-13/h1-9,15H,10-11H2. The van der Waals surface area contributed by atoms with Gasteiger partial charge in [0.05, 0.1) is 6.04 Å². The Labute approximate surface area is 126 Å². The number of carbonyl (C=O) groups is 1. The quantitative estimate of drug-likeness (QED) is 0.423. The largest absolute Gasteiger partial charge is 0.323 e. The summed E-state index contributed by atoms with van der Waals surface area (Å²) in [6.07, 6.45) is 0.939. The number of hydrogen-bond acceptors (Lipinski definition) is 1. The van der Waals surface area contributed by atoms with Crippen molar-refractivity contribution < 1.29 is 4.79 Å². The van der Waals surface area contributed by atoms with Crippen LogP contribution in [0.3, 0.4) is 0 Å². The minimum atomic E-state index is 0.0514. The number of rotatable bonds is 1. The van der Waals surface area contributed by atoms with E-state index in [2.05, 4.69) is 36.4 Å². The number of nitrogens with zero attached hydrogens (tertiary/aromatic N) is 1. The molecule has 19 heavy (non-hydrogen) atoms. The minimum absolute atomic E-state index is 0.0514. The Morgan fingerprint density at radius 1 is 1.05 bits per heavy atom. The molecule has 2 aromatic carbocycles. The summed E-state index contributed by atoms with van der Waals surface area (Å²) in [6, 6.07) is 18.7. The Hall–Kier alpha value is -1.36. The van der Waals surface area contributed by atoms with Crippen LogP contribution >= 0.6 is 22.6 Å². The first-order valence-electron chi connectivity index (χ1n) is 6.36. The third-order valence-corrected chi connectivity index (χ3v) is 4.24. The fourth-order valence-electron chi connectivity index (χ4n) is 2.75. The summed E-state index contributed by atoms with van der Waals surface area (Å²) in [5.41, 5.74) is 3.79. The zero-order chi connectivity index (χ0) is 13.2. The van der Waals surface area contributed by atoms with E-state index < -0.39 is 0 Å². The molecule has 3 rings (SSSR count). The Balaban J connectivity index is 2.13. The van der Waals surface area contributed by atoms with Crippen LogP contribution in [0.25, 0.3) is 0 Å². The highest BCUT2D eigenvalue weighted by Crippen LogP contribution is 2.35. The molecule has 1 amide bonds. The molecule has 1 atom stereocenters. The van der Waals surface area contributed by atoms with E-state index in [0.717, 1.165) is 13.0 Å². The fraction of sp³-hybridized carbons (Fsp3) is 0.188. The van der Waals surface area contributed by atoms with Crippen molar-refractivity contribution in [1.29, 1.82) is 0 Å². The number of amides is 1. The molecule has 1 unspecified atom stereocenters. The Bertz CT molecular complexity index is 597. The summed E-state index contributed by atoms with van der Waals surface area (Å²) < 4.78 is 0.112. The third kappa shape index (κ3) is 2.39. The van der Waals surface area contributed by atoms with Crippen molar-refractivity contribution in [2.45, 2.75) is 12.5 Å². The van der Waals surface area contributed by atoms with E-state index in [1.807, 2.05) is 45.7 Å². The molecule has 0 radical (unpaired) electrons. The van der Waals surface area contributed by atoms with Gasteiger partial charge in [0, 0.05) is 29.1 Å². The van der Waals surface area contributed by atoms with Crippen molar-refractivity contribution in [2.75, 3.05) is 6.54 Å². The predicted molar refractivity (Wildman–Crippen MR) is 84.6 cm³/mol. The van der Waals surface area contributed by atoms with Crippen LogP contribution in [-0.4, -0.2) is 15.4 Å². The molecule has 2 aromatic rings. The number of benzene rings is 2. The Kier molecular flexibility index (Phi) is 3.55. The maximum absolute atomic E-state index is 11.9. The first kappa shape index (κ1) is 12.7. The monoisotopic (exact) mass is 363 g/mol. The van der Waals surface area contributed by atoms with Gasteiger partial charge in [0.1, 0.15) is 0 Å². The zero-order valence-electron chi connectivity index (χ0n) is 10.4. The molecule has 1 heterocycles. The molecule has 1 aliphatic rings. The second-order valence-corrected chi connectivity index (χ2v) is 5.63. The molecule has 3 heteroatoms. The van der Waals surface area contributed by atoms with Crippen LogP contribution in [0.15, 0.2) is 54.6 Å². The van der Waals surface area contributed by atoms with Crippen molar-refractivity contribution >= 4 is 26.5 Å². The molecule has 1 aliphatic heterocycles. The average molecular weight is 363 g/mol. The van der Waals surface area contributed by atoms with Crippen LogP contribution in [-0.2, 0) is 6.42 Å². The van der Waals surface area contributed by atoms with Crippen LogP contribution in [0.5, 0.6) is 0 Å². The van der Waals surface area contributed by atoms with Crippen molar-refractivity contribution in [3.63, 3.8) is 0 Å². The van der Waals surface area contributed by atoms with Crippen molar-refractivity contribution in [3.05, 3.63) is 71.3 Å². The van der Waals surface area contributed by atoms with Gasteiger partial charge in [-0.1, -0.05) is 54.6 Å². The van der Waals surface area contributed by atoms with Gasteiger partial charge in [-0.15, -0.1) is 0 Å². The second kappa shape index (κ2) is 5.33. The molecular weight excluding hydrogens is 349 g/mol. The molecule has 0 N–H and O–H groups in total. The summed E-state index contributed by atoms with van der Waals surface area (Å²) >= 11 is 1.89. The molecule has 0 fully saturated rings. The van der Waals surface area contributed by atoms with Crippen LogP contribution in [0, 0.1) is 0 Å². The zero-order valence-corrected chi connectivity index (χ0v) is 12.6. The van der Waals surface area contributed by atoms with Crippen LogP contribution in [0.1, 0.15) is 22.7 Å². The maximum atomic E-state index is 11.9. The molecule has 0 saturated carbocycles. The molecule has 0 bridgehead atoms. The third-order valence-electron chi connectivity index (χ3n) is 3.62. The lowest BCUT2D eigenvalue weighted by Gasteiger charge is -2.36. The van der Waals surface area contributed by atoms with Gasteiger partial charge in [0.25, 0.3) is 3.91 Å². The average Bonchev–Trinajstić information content (AvgIpc) is 2.46. The highest BCUT2D eigenvalue weighted by Gasteiger charge is 2.30. The fourth-order valence-corrected chi connectivity index (χ4v) is 3.27. The highest BCUT2D eigenvalue weighted by molar-refractivity contribution is 14.1. The van der Waals surface area contributed by atoms with Gasteiger partial charge in [0.2, 0.25) is 0 Å². The first-order valence-corrected chi connectivity index (χ1v) is 7.44. The van der Waals surface area contributed by atoms with Gasteiger partial charge >= 0.3 is 0 Å².